The third-order valence-electron chi connectivity index (χ3n) is 4.80. The van der Waals surface area contributed by atoms with Gasteiger partial charge in [0.15, 0.2) is 0 Å². The van der Waals surface area contributed by atoms with Crippen molar-refractivity contribution >= 4 is 11.7 Å². The lowest BCUT2D eigenvalue weighted by Gasteiger charge is -2.10. The molecule has 7 heteroatoms. The fourth-order valence-electron chi connectivity index (χ4n) is 3.17. The number of benzene rings is 2. The van der Waals surface area contributed by atoms with Gasteiger partial charge in [0.1, 0.15) is 17.4 Å². The molecule has 0 atom stereocenters. The van der Waals surface area contributed by atoms with E-state index in [-0.39, 0.29) is 11.4 Å². The van der Waals surface area contributed by atoms with E-state index in [2.05, 4.69) is 15.5 Å². The van der Waals surface area contributed by atoms with Crippen LogP contribution in [0.25, 0.3) is 22.3 Å². The minimum atomic E-state index is -0.635. The molecule has 0 fully saturated rings. The number of nitrogens with two attached hydrogens (primary N) is 1. The van der Waals surface area contributed by atoms with Gasteiger partial charge in [0.25, 0.3) is 5.91 Å². The summed E-state index contributed by atoms with van der Waals surface area (Å²) in [6.45, 7) is 2.11. The fraction of sp³-hybridized carbons (Fsp3) is 0.0870. The van der Waals surface area contributed by atoms with Crippen LogP contribution in [0.4, 0.5) is 10.2 Å². The highest BCUT2D eigenvalue weighted by Crippen LogP contribution is 2.31. The van der Waals surface area contributed by atoms with Crippen LogP contribution in [0, 0.1) is 12.7 Å². The van der Waals surface area contributed by atoms with Crippen molar-refractivity contribution in [1.82, 2.24) is 15.5 Å². The van der Waals surface area contributed by atoms with Crippen molar-refractivity contribution in [2.45, 2.75) is 13.5 Å². The van der Waals surface area contributed by atoms with Gasteiger partial charge in [0, 0.05) is 29.4 Å². The topological polar surface area (TPSA) is 94.0 Å². The number of hydrogen-bond acceptors (Lipinski definition) is 5. The first kappa shape index (κ1) is 19.3. The van der Waals surface area contributed by atoms with Crippen LogP contribution in [-0.4, -0.2) is 16.0 Å². The molecule has 6 nitrogen and oxygen atoms in total. The lowest BCUT2D eigenvalue weighted by molar-refractivity contribution is 0.0947. The van der Waals surface area contributed by atoms with Gasteiger partial charge < -0.3 is 15.6 Å². The average molecular weight is 402 g/mol. The number of nitrogen functional groups attached to an aromatic ring is 1. The Morgan fingerprint density at radius 2 is 1.87 bits per heavy atom. The van der Waals surface area contributed by atoms with Crippen LogP contribution in [0.2, 0.25) is 0 Å². The highest BCUT2D eigenvalue weighted by molar-refractivity contribution is 5.95. The summed E-state index contributed by atoms with van der Waals surface area (Å²) in [6, 6.07) is 15.6. The molecule has 0 saturated heterocycles. The Morgan fingerprint density at radius 3 is 2.57 bits per heavy atom. The van der Waals surface area contributed by atoms with Crippen LogP contribution in [0.1, 0.15) is 21.7 Å². The van der Waals surface area contributed by atoms with Crippen molar-refractivity contribution in [3.05, 3.63) is 89.7 Å². The van der Waals surface area contributed by atoms with Gasteiger partial charge >= 0.3 is 0 Å². The molecule has 0 unspecified atom stereocenters. The zero-order chi connectivity index (χ0) is 21.1. The Kier molecular flexibility index (Phi) is 5.26. The molecule has 0 aliphatic carbocycles. The average Bonchev–Trinajstić information content (AvgIpc) is 3.19. The normalized spacial score (nSPS) is 10.7. The number of aromatic nitrogens is 2. The molecule has 4 aromatic rings. The second-order valence-electron chi connectivity index (χ2n) is 6.82. The maximum atomic E-state index is 14.7. The molecule has 150 valence electrons. The Morgan fingerprint density at radius 1 is 1.07 bits per heavy atom. The van der Waals surface area contributed by atoms with Gasteiger partial charge in [-0.3, -0.25) is 4.79 Å². The van der Waals surface area contributed by atoms with Gasteiger partial charge in [-0.1, -0.05) is 41.6 Å². The van der Waals surface area contributed by atoms with E-state index in [0.29, 0.717) is 23.4 Å². The standard InChI is InChI=1S/C23H19FN4O2/c1-14-20(13-28-30-14)17-9-19(22(25)26-12-17)16-7-8-18(21(24)10-16)23(29)27-11-15-5-3-2-4-6-15/h2-10,12-13H,11H2,1H3,(H2,25,26)(H,27,29). The zero-order valence-corrected chi connectivity index (χ0v) is 16.2. The molecule has 0 bridgehead atoms. The summed E-state index contributed by atoms with van der Waals surface area (Å²) >= 11 is 0. The second kappa shape index (κ2) is 8.16. The van der Waals surface area contributed by atoms with Gasteiger partial charge in [0.05, 0.1) is 11.8 Å². The molecule has 4 rings (SSSR count). The van der Waals surface area contributed by atoms with E-state index < -0.39 is 11.7 Å². The molecule has 0 saturated carbocycles. The number of amides is 1. The van der Waals surface area contributed by atoms with E-state index in [0.717, 1.165) is 16.7 Å². The van der Waals surface area contributed by atoms with E-state index in [1.54, 1.807) is 31.5 Å². The maximum Gasteiger partial charge on any atom is 0.254 e. The number of rotatable bonds is 5. The van der Waals surface area contributed by atoms with Crippen molar-refractivity contribution in [3.63, 3.8) is 0 Å². The summed E-state index contributed by atoms with van der Waals surface area (Å²) in [4.78, 5) is 16.6. The van der Waals surface area contributed by atoms with E-state index in [1.165, 1.54) is 12.1 Å². The van der Waals surface area contributed by atoms with Crippen LogP contribution in [0.3, 0.4) is 0 Å². The predicted octanol–water partition coefficient (Wildman–Crippen LogP) is 4.36. The van der Waals surface area contributed by atoms with E-state index in [4.69, 9.17) is 10.3 Å². The molecule has 3 N–H and O–H groups in total. The molecular formula is C23H19FN4O2. The SMILES string of the molecule is Cc1oncc1-c1cnc(N)c(-c2ccc(C(=O)NCc3ccccc3)c(F)c2)c1. The Bertz CT molecular complexity index is 1210. The third-order valence-corrected chi connectivity index (χ3v) is 4.80. The van der Waals surface area contributed by atoms with Crippen LogP contribution >= 0.6 is 0 Å². The lowest BCUT2D eigenvalue weighted by Crippen LogP contribution is -2.23. The van der Waals surface area contributed by atoms with Crippen LogP contribution in [0.15, 0.2) is 71.5 Å². The first-order chi connectivity index (χ1) is 14.5. The highest BCUT2D eigenvalue weighted by atomic mass is 19.1. The summed E-state index contributed by atoms with van der Waals surface area (Å²) in [5.74, 6) is -0.218. The molecule has 1 amide bonds. The van der Waals surface area contributed by atoms with Crippen molar-refractivity contribution in [2.24, 2.45) is 0 Å². The summed E-state index contributed by atoms with van der Waals surface area (Å²) in [6.07, 6.45) is 3.20. The van der Waals surface area contributed by atoms with Crippen LogP contribution < -0.4 is 11.1 Å². The zero-order valence-electron chi connectivity index (χ0n) is 16.2. The molecule has 2 aromatic carbocycles. The number of pyridine rings is 1. The van der Waals surface area contributed by atoms with Crippen LogP contribution in [-0.2, 0) is 6.54 Å². The number of nitrogens with one attached hydrogen (secondary N) is 1. The fourth-order valence-corrected chi connectivity index (χ4v) is 3.17. The summed E-state index contributed by atoms with van der Waals surface area (Å²) in [5.41, 5.74) is 9.53. The molecule has 0 radical (unpaired) electrons. The number of aryl methyl sites for hydroxylation is 1. The number of carbonyl (C=O) groups is 1. The van der Waals surface area contributed by atoms with Gasteiger partial charge in [0.2, 0.25) is 0 Å². The minimum absolute atomic E-state index is 0.0350. The van der Waals surface area contributed by atoms with E-state index >= 15 is 0 Å². The number of anilines is 1. The van der Waals surface area contributed by atoms with Crippen LogP contribution in [0.5, 0.6) is 0 Å². The maximum absolute atomic E-state index is 14.7. The van der Waals surface area contributed by atoms with E-state index in [1.807, 2.05) is 30.3 Å². The van der Waals surface area contributed by atoms with Crippen molar-refractivity contribution in [2.75, 3.05) is 5.73 Å². The van der Waals surface area contributed by atoms with Crippen molar-refractivity contribution in [1.29, 1.82) is 0 Å². The predicted molar refractivity (Wildman–Crippen MR) is 112 cm³/mol. The van der Waals surface area contributed by atoms with E-state index in [9.17, 15) is 9.18 Å². The quantitative estimate of drug-likeness (QED) is 0.517. The minimum Gasteiger partial charge on any atom is -0.383 e. The van der Waals surface area contributed by atoms with Gasteiger partial charge in [-0.05, 0) is 36.2 Å². The lowest BCUT2D eigenvalue weighted by atomic mass is 10.00. The highest BCUT2D eigenvalue weighted by Gasteiger charge is 2.15. The Labute approximate surface area is 172 Å². The Balaban J connectivity index is 1.59. The number of hydrogen-bond donors (Lipinski definition) is 2. The molecule has 0 spiro atoms. The number of carbonyl (C=O) groups excluding carboxylic acids is 1. The number of nitrogens with zero attached hydrogens (tertiary/aromatic N) is 2. The first-order valence-corrected chi connectivity index (χ1v) is 9.32. The summed E-state index contributed by atoms with van der Waals surface area (Å²) < 4.78 is 19.8. The second-order valence-corrected chi connectivity index (χ2v) is 6.82. The van der Waals surface area contributed by atoms with Gasteiger partial charge in [-0.2, -0.15) is 0 Å². The summed E-state index contributed by atoms with van der Waals surface area (Å²) in [7, 11) is 0. The molecule has 0 aliphatic heterocycles. The third kappa shape index (κ3) is 3.91. The Hall–Kier alpha value is -4.00. The molecular weight excluding hydrogens is 383 g/mol. The molecule has 2 aromatic heterocycles. The summed E-state index contributed by atoms with van der Waals surface area (Å²) in [5, 5.41) is 6.50. The molecule has 0 aliphatic rings. The number of halogens is 1. The first-order valence-electron chi connectivity index (χ1n) is 9.32. The molecule has 30 heavy (non-hydrogen) atoms. The van der Waals surface area contributed by atoms with Crippen molar-refractivity contribution in [3.8, 4) is 22.3 Å². The largest absolute Gasteiger partial charge is 0.383 e. The van der Waals surface area contributed by atoms with Gasteiger partial charge in [-0.15, -0.1) is 0 Å². The van der Waals surface area contributed by atoms with Gasteiger partial charge in [-0.25, -0.2) is 9.37 Å². The smallest absolute Gasteiger partial charge is 0.254 e. The van der Waals surface area contributed by atoms with Crippen molar-refractivity contribution < 1.29 is 13.7 Å². The molecule has 2 heterocycles. The monoisotopic (exact) mass is 402 g/mol.